The van der Waals surface area contributed by atoms with Gasteiger partial charge in [0.1, 0.15) is 23.3 Å². The van der Waals surface area contributed by atoms with Gasteiger partial charge in [0.2, 0.25) is 0 Å². The van der Waals surface area contributed by atoms with Crippen molar-refractivity contribution in [3.63, 3.8) is 0 Å². The molecule has 1 atom stereocenters. The van der Waals surface area contributed by atoms with Crippen molar-refractivity contribution in [2.75, 3.05) is 6.61 Å². The summed E-state index contributed by atoms with van der Waals surface area (Å²) < 4.78 is 11.0. The third kappa shape index (κ3) is 6.26. The second kappa shape index (κ2) is 10.7. The average Bonchev–Trinajstić information content (AvgIpc) is 3.26. The maximum absolute atomic E-state index is 12.1. The van der Waals surface area contributed by atoms with Gasteiger partial charge in [-0.1, -0.05) is 30.3 Å². The molecule has 2 aromatic carbocycles. The number of ether oxygens (including phenoxy) is 1. The van der Waals surface area contributed by atoms with E-state index in [0.717, 1.165) is 0 Å². The molecule has 2 N–H and O–H groups in total. The number of carbonyl (C=O) groups is 2. The lowest BCUT2D eigenvalue weighted by Crippen LogP contribution is -2.45. The fraction of sp³-hybridized carbons (Fsp3) is 0.174. The monoisotopic (exact) mass is 450 g/mol. The summed E-state index contributed by atoms with van der Waals surface area (Å²) in [6.45, 7) is 2.93. The highest BCUT2D eigenvalue weighted by Gasteiger charge is 2.17. The fourth-order valence-electron chi connectivity index (χ4n) is 2.93. The zero-order valence-electron chi connectivity index (χ0n) is 18.0. The zero-order valence-corrected chi connectivity index (χ0v) is 18.0. The van der Waals surface area contributed by atoms with E-state index in [-0.39, 0.29) is 12.3 Å². The topological polar surface area (TPSA) is 136 Å². The summed E-state index contributed by atoms with van der Waals surface area (Å²) in [4.78, 5) is 34.8. The van der Waals surface area contributed by atoms with Crippen LogP contribution < -0.4 is 15.5 Å². The number of nitro groups is 1. The van der Waals surface area contributed by atoms with Crippen LogP contribution in [0.4, 0.5) is 5.69 Å². The summed E-state index contributed by atoms with van der Waals surface area (Å²) in [6, 6.07) is 16.0. The molecule has 0 aliphatic heterocycles. The van der Waals surface area contributed by atoms with Crippen LogP contribution in [0, 0.1) is 17.0 Å². The van der Waals surface area contributed by atoms with Gasteiger partial charge in [-0.15, -0.1) is 0 Å². The molecule has 0 radical (unpaired) electrons. The smallest absolute Gasteiger partial charge is 0.273 e. The van der Waals surface area contributed by atoms with Crippen LogP contribution in [0.2, 0.25) is 0 Å². The molecule has 3 rings (SSSR count). The lowest BCUT2D eigenvalue weighted by atomic mass is 10.1. The van der Waals surface area contributed by atoms with Crippen LogP contribution in [0.3, 0.4) is 0 Å². The van der Waals surface area contributed by atoms with Crippen molar-refractivity contribution >= 4 is 23.7 Å². The van der Waals surface area contributed by atoms with Crippen LogP contribution in [0.15, 0.2) is 70.2 Å². The van der Waals surface area contributed by atoms with Crippen molar-refractivity contribution in [3.05, 3.63) is 82.1 Å². The van der Waals surface area contributed by atoms with Crippen LogP contribution in [0.1, 0.15) is 18.2 Å². The van der Waals surface area contributed by atoms with E-state index in [9.17, 15) is 19.7 Å². The van der Waals surface area contributed by atoms with Crippen LogP contribution in [-0.2, 0) is 9.59 Å². The first-order valence-corrected chi connectivity index (χ1v) is 9.99. The van der Waals surface area contributed by atoms with Gasteiger partial charge in [0, 0.05) is 17.2 Å². The lowest BCUT2D eigenvalue weighted by Gasteiger charge is -2.12. The van der Waals surface area contributed by atoms with Crippen LogP contribution in [-0.4, -0.2) is 35.6 Å². The van der Waals surface area contributed by atoms with E-state index in [2.05, 4.69) is 15.8 Å². The Bertz CT molecular complexity index is 1170. The van der Waals surface area contributed by atoms with Gasteiger partial charge >= 0.3 is 0 Å². The zero-order chi connectivity index (χ0) is 23.8. The van der Waals surface area contributed by atoms with Gasteiger partial charge in [0.25, 0.3) is 17.5 Å². The molecule has 0 unspecified atom stereocenters. The first-order chi connectivity index (χ1) is 15.8. The number of rotatable bonds is 9. The number of nitrogens with one attached hydrogen (secondary N) is 2. The van der Waals surface area contributed by atoms with Crippen LogP contribution in [0.25, 0.3) is 11.3 Å². The molecule has 0 saturated heterocycles. The second-order valence-corrected chi connectivity index (χ2v) is 7.03. The number of hydrogen-bond donors (Lipinski definition) is 2. The lowest BCUT2D eigenvalue weighted by molar-refractivity contribution is -0.385. The molecule has 10 nitrogen and oxygen atoms in total. The highest BCUT2D eigenvalue weighted by Crippen LogP contribution is 2.30. The predicted molar refractivity (Wildman–Crippen MR) is 121 cm³/mol. The third-order valence-electron chi connectivity index (χ3n) is 4.64. The minimum Gasteiger partial charge on any atom is -0.484 e. The Hall–Kier alpha value is -4.47. The van der Waals surface area contributed by atoms with Gasteiger partial charge in [0.15, 0.2) is 6.61 Å². The number of nitrogens with zero attached hydrogens (tertiary/aromatic N) is 2. The molecule has 33 heavy (non-hydrogen) atoms. The van der Waals surface area contributed by atoms with E-state index in [1.807, 2.05) is 6.07 Å². The summed E-state index contributed by atoms with van der Waals surface area (Å²) in [5.41, 5.74) is 3.38. The molecule has 3 aromatic rings. The van der Waals surface area contributed by atoms with E-state index in [1.165, 1.54) is 19.2 Å². The number of nitro benzene ring substituents is 1. The molecule has 0 aliphatic rings. The molecule has 1 heterocycles. The Kier molecular flexibility index (Phi) is 7.53. The molecule has 0 saturated carbocycles. The molecule has 2 amide bonds. The number of hydrazone groups is 1. The van der Waals surface area contributed by atoms with Crippen molar-refractivity contribution in [1.29, 1.82) is 0 Å². The highest BCUT2D eigenvalue weighted by atomic mass is 16.6. The number of para-hydroxylation sites is 1. The molecule has 10 heteroatoms. The number of amides is 2. The maximum atomic E-state index is 12.1. The standard InChI is InChI=1S/C23H22N4O6/c1-15-19(9-6-10-20(15)27(30)31)21-12-11-18(33-21)13-24-26-23(29)16(2)25-22(28)14-32-17-7-4-3-5-8-17/h3-13,16H,14H2,1-2H3,(H,25,28)(H,26,29)/b24-13-/t16-/m1/s1. The number of carbonyl (C=O) groups excluding carboxylic acids is 2. The normalized spacial score (nSPS) is 11.7. The van der Waals surface area contributed by atoms with Gasteiger partial charge in [-0.2, -0.15) is 5.10 Å². The Balaban J connectivity index is 1.51. The average molecular weight is 450 g/mol. The Morgan fingerprint density at radius 3 is 2.64 bits per heavy atom. The SMILES string of the molecule is Cc1c(-c2ccc(/C=N\NC(=O)[C@@H](C)NC(=O)COc3ccccc3)o2)cccc1[N+](=O)[O-]. The summed E-state index contributed by atoms with van der Waals surface area (Å²) in [5, 5.41) is 17.5. The fourth-order valence-corrected chi connectivity index (χ4v) is 2.93. The van der Waals surface area contributed by atoms with Crippen molar-refractivity contribution in [1.82, 2.24) is 10.7 Å². The van der Waals surface area contributed by atoms with Gasteiger partial charge in [-0.3, -0.25) is 19.7 Å². The largest absolute Gasteiger partial charge is 0.484 e. The van der Waals surface area contributed by atoms with Gasteiger partial charge < -0.3 is 14.5 Å². The highest BCUT2D eigenvalue weighted by molar-refractivity contribution is 5.88. The Morgan fingerprint density at radius 2 is 1.91 bits per heavy atom. The Labute approximate surface area is 189 Å². The van der Waals surface area contributed by atoms with E-state index in [4.69, 9.17) is 9.15 Å². The third-order valence-corrected chi connectivity index (χ3v) is 4.64. The minimum absolute atomic E-state index is 0.00316. The Morgan fingerprint density at radius 1 is 1.15 bits per heavy atom. The van der Waals surface area contributed by atoms with Crippen molar-refractivity contribution in [2.24, 2.45) is 5.10 Å². The van der Waals surface area contributed by atoms with E-state index in [0.29, 0.717) is 28.4 Å². The van der Waals surface area contributed by atoms with E-state index < -0.39 is 22.8 Å². The maximum Gasteiger partial charge on any atom is 0.273 e. The van der Waals surface area contributed by atoms with E-state index >= 15 is 0 Å². The molecular formula is C23H22N4O6. The van der Waals surface area contributed by atoms with Crippen molar-refractivity contribution < 1.29 is 23.7 Å². The predicted octanol–water partition coefficient (Wildman–Crippen LogP) is 3.20. The summed E-state index contributed by atoms with van der Waals surface area (Å²) in [6.07, 6.45) is 1.29. The van der Waals surface area contributed by atoms with Crippen LogP contribution >= 0.6 is 0 Å². The summed E-state index contributed by atoms with van der Waals surface area (Å²) in [7, 11) is 0. The number of hydrogen-bond acceptors (Lipinski definition) is 7. The number of benzene rings is 2. The first-order valence-electron chi connectivity index (χ1n) is 9.99. The second-order valence-electron chi connectivity index (χ2n) is 7.03. The van der Waals surface area contributed by atoms with Crippen molar-refractivity contribution in [3.8, 4) is 17.1 Å². The molecule has 1 aromatic heterocycles. The van der Waals surface area contributed by atoms with Gasteiger partial charge in [-0.25, -0.2) is 5.43 Å². The van der Waals surface area contributed by atoms with Gasteiger partial charge in [0.05, 0.1) is 11.1 Å². The molecular weight excluding hydrogens is 428 g/mol. The van der Waals surface area contributed by atoms with Gasteiger partial charge in [-0.05, 0) is 38.1 Å². The van der Waals surface area contributed by atoms with Crippen molar-refractivity contribution in [2.45, 2.75) is 19.9 Å². The molecule has 0 fully saturated rings. The first kappa shape index (κ1) is 23.2. The van der Waals surface area contributed by atoms with E-state index in [1.54, 1.807) is 55.5 Å². The quantitative estimate of drug-likeness (QED) is 0.292. The molecule has 0 spiro atoms. The minimum atomic E-state index is -0.839. The molecule has 0 aliphatic carbocycles. The summed E-state index contributed by atoms with van der Waals surface area (Å²) in [5.74, 6) is 0.341. The molecule has 0 bridgehead atoms. The summed E-state index contributed by atoms with van der Waals surface area (Å²) >= 11 is 0. The number of furan rings is 1. The molecule has 170 valence electrons. The van der Waals surface area contributed by atoms with Crippen LogP contribution in [0.5, 0.6) is 5.75 Å².